The van der Waals surface area contributed by atoms with Gasteiger partial charge in [0, 0.05) is 12.4 Å². The number of hydrogen-bond acceptors (Lipinski definition) is 4. The number of carbonyl (C=O) groups excluding carboxylic acids is 1. The Balaban J connectivity index is 1.85. The number of aromatic nitrogens is 3. The van der Waals surface area contributed by atoms with Crippen LogP contribution in [0.4, 0.5) is 0 Å². The van der Waals surface area contributed by atoms with Gasteiger partial charge >= 0.3 is 5.97 Å². The minimum absolute atomic E-state index is 0.0382. The number of carboxylic acids is 1. The van der Waals surface area contributed by atoms with E-state index in [0.717, 1.165) is 12.8 Å². The lowest BCUT2D eigenvalue weighted by molar-refractivity contribution is -0.139. The summed E-state index contributed by atoms with van der Waals surface area (Å²) in [6.07, 6.45) is 6.30. The Hall–Kier alpha value is -2.44. The molecule has 2 aromatic heterocycles. The van der Waals surface area contributed by atoms with Crippen LogP contribution in [0, 0.1) is 5.92 Å². The van der Waals surface area contributed by atoms with Crippen molar-refractivity contribution in [1.82, 2.24) is 19.9 Å². The first kappa shape index (κ1) is 11.6. The van der Waals surface area contributed by atoms with Gasteiger partial charge < -0.3 is 10.4 Å². The predicted molar refractivity (Wildman–Crippen MR) is 64.6 cm³/mol. The minimum atomic E-state index is -1.000. The van der Waals surface area contributed by atoms with Crippen molar-refractivity contribution in [3.05, 3.63) is 30.2 Å². The van der Waals surface area contributed by atoms with Crippen LogP contribution < -0.4 is 5.32 Å². The fraction of sp³-hybridized carbons (Fsp3) is 0.333. The van der Waals surface area contributed by atoms with E-state index >= 15 is 0 Å². The average Bonchev–Trinajstić information content (AvgIpc) is 3.14. The number of aliphatic carboxylic acids is 1. The van der Waals surface area contributed by atoms with Crippen LogP contribution in [0.25, 0.3) is 5.65 Å². The van der Waals surface area contributed by atoms with Gasteiger partial charge in [-0.1, -0.05) is 0 Å². The molecule has 0 aromatic carbocycles. The molecule has 1 amide bonds. The number of carbonyl (C=O) groups is 2. The average molecular weight is 260 g/mol. The van der Waals surface area contributed by atoms with Crippen molar-refractivity contribution in [1.29, 1.82) is 0 Å². The van der Waals surface area contributed by atoms with Crippen LogP contribution in [0.3, 0.4) is 0 Å². The van der Waals surface area contributed by atoms with Crippen molar-refractivity contribution in [3.8, 4) is 0 Å². The van der Waals surface area contributed by atoms with Crippen molar-refractivity contribution in [2.24, 2.45) is 5.92 Å². The Morgan fingerprint density at radius 1 is 1.47 bits per heavy atom. The summed E-state index contributed by atoms with van der Waals surface area (Å²) >= 11 is 0. The van der Waals surface area contributed by atoms with E-state index in [1.165, 1.54) is 10.7 Å². The van der Waals surface area contributed by atoms with Crippen LogP contribution >= 0.6 is 0 Å². The Labute approximate surface area is 108 Å². The number of nitrogens with one attached hydrogen (secondary N) is 1. The molecule has 19 heavy (non-hydrogen) atoms. The molecular weight excluding hydrogens is 248 g/mol. The molecule has 1 fully saturated rings. The Bertz CT molecular complexity index is 647. The van der Waals surface area contributed by atoms with E-state index in [-0.39, 0.29) is 11.5 Å². The first-order valence-electron chi connectivity index (χ1n) is 5.99. The van der Waals surface area contributed by atoms with E-state index < -0.39 is 17.9 Å². The molecule has 0 radical (unpaired) electrons. The molecule has 1 atom stereocenters. The van der Waals surface area contributed by atoms with Gasteiger partial charge in [-0.05, 0) is 24.8 Å². The van der Waals surface area contributed by atoms with Crippen molar-refractivity contribution >= 4 is 17.5 Å². The van der Waals surface area contributed by atoms with Gasteiger partial charge in [0.2, 0.25) is 0 Å². The third-order valence-corrected chi connectivity index (χ3v) is 3.17. The van der Waals surface area contributed by atoms with Crippen molar-refractivity contribution in [3.63, 3.8) is 0 Å². The topological polar surface area (TPSA) is 96.6 Å². The summed E-state index contributed by atoms with van der Waals surface area (Å²) in [6.45, 7) is 0. The van der Waals surface area contributed by atoms with Crippen LogP contribution in [0.2, 0.25) is 0 Å². The molecule has 2 aromatic rings. The smallest absolute Gasteiger partial charge is 0.326 e. The Morgan fingerprint density at radius 2 is 2.26 bits per heavy atom. The number of carboxylic acid groups (broad SMARTS) is 1. The summed E-state index contributed by atoms with van der Waals surface area (Å²) in [5.41, 5.74) is 0.701. The molecule has 2 heterocycles. The largest absolute Gasteiger partial charge is 0.480 e. The summed E-state index contributed by atoms with van der Waals surface area (Å²) < 4.78 is 1.47. The van der Waals surface area contributed by atoms with Gasteiger partial charge in [0.05, 0.1) is 6.20 Å². The normalized spacial score (nSPS) is 16.2. The molecule has 1 unspecified atom stereocenters. The highest BCUT2D eigenvalue weighted by Gasteiger charge is 2.37. The monoisotopic (exact) mass is 260 g/mol. The zero-order chi connectivity index (χ0) is 13.4. The van der Waals surface area contributed by atoms with Crippen LogP contribution in [0.15, 0.2) is 24.7 Å². The maximum absolute atomic E-state index is 12.1. The van der Waals surface area contributed by atoms with Gasteiger partial charge in [0.25, 0.3) is 5.91 Å². The second kappa shape index (κ2) is 4.34. The van der Waals surface area contributed by atoms with Gasteiger partial charge in [0.15, 0.2) is 5.65 Å². The lowest BCUT2D eigenvalue weighted by Gasteiger charge is -2.12. The maximum Gasteiger partial charge on any atom is 0.326 e. The van der Waals surface area contributed by atoms with Gasteiger partial charge in [-0.2, -0.15) is 5.10 Å². The Morgan fingerprint density at radius 3 is 2.95 bits per heavy atom. The van der Waals surface area contributed by atoms with Gasteiger partial charge in [-0.25, -0.2) is 14.3 Å². The molecule has 0 aliphatic heterocycles. The molecule has 98 valence electrons. The van der Waals surface area contributed by atoms with E-state index in [1.54, 1.807) is 18.5 Å². The minimum Gasteiger partial charge on any atom is -0.480 e. The number of hydrogen-bond donors (Lipinski definition) is 2. The quantitative estimate of drug-likeness (QED) is 0.825. The number of nitrogens with zero attached hydrogens (tertiary/aromatic N) is 3. The van der Waals surface area contributed by atoms with Crippen molar-refractivity contribution in [2.45, 2.75) is 18.9 Å². The first-order chi connectivity index (χ1) is 9.16. The zero-order valence-corrected chi connectivity index (χ0v) is 9.98. The van der Waals surface area contributed by atoms with Gasteiger partial charge in [0.1, 0.15) is 11.6 Å². The molecule has 1 aliphatic rings. The van der Waals surface area contributed by atoms with E-state index in [9.17, 15) is 9.59 Å². The highest BCUT2D eigenvalue weighted by atomic mass is 16.4. The van der Waals surface area contributed by atoms with Crippen LogP contribution in [-0.4, -0.2) is 37.6 Å². The summed E-state index contributed by atoms with van der Waals surface area (Å²) in [5, 5.41) is 15.6. The standard InChI is InChI=1S/C12H12N4O3/c17-11(15-9(12(18)19)7-2-3-7)8-6-14-16-5-1-4-13-10(8)16/h1,4-7,9H,2-3H2,(H,15,17)(H,18,19). The molecule has 2 N–H and O–H groups in total. The second-order valence-electron chi connectivity index (χ2n) is 4.57. The SMILES string of the molecule is O=C(NC(C(=O)O)C1CC1)c1cnn2cccnc12. The molecule has 0 bridgehead atoms. The van der Waals surface area contributed by atoms with Crippen molar-refractivity contribution in [2.75, 3.05) is 0 Å². The lowest BCUT2D eigenvalue weighted by Crippen LogP contribution is -2.42. The predicted octanol–water partition coefficient (Wildman–Crippen LogP) is 0.322. The van der Waals surface area contributed by atoms with E-state index in [1.807, 2.05) is 0 Å². The highest BCUT2D eigenvalue weighted by Crippen LogP contribution is 2.32. The van der Waals surface area contributed by atoms with Crippen molar-refractivity contribution < 1.29 is 14.7 Å². The molecule has 1 aliphatic carbocycles. The number of amides is 1. The summed E-state index contributed by atoms with van der Waals surface area (Å²) in [5.74, 6) is -1.41. The number of rotatable bonds is 4. The first-order valence-corrected chi connectivity index (χ1v) is 5.99. The third kappa shape index (κ3) is 2.14. The molecule has 7 nitrogen and oxygen atoms in total. The lowest BCUT2D eigenvalue weighted by atomic mass is 10.1. The van der Waals surface area contributed by atoms with E-state index in [4.69, 9.17) is 5.11 Å². The van der Waals surface area contributed by atoms with Gasteiger partial charge in [-0.15, -0.1) is 0 Å². The van der Waals surface area contributed by atoms with Gasteiger partial charge in [-0.3, -0.25) is 4.79 Å². The molecule has 7 heteroatoms. The summed E-state index contributed by atoms with van der Waals surface area (Å²) in [4.78, 5) is 27.3. The molecular formula is C12H12N4O3. The zero-order valence-electron chi connectivity index (χ0n) is 9.98. The van der Waals surface area contributed by atoms with Crippen LogP contribution in [0.5, 0.6) is 0 Å². The van der Waals surface area contributed by atoms with E-state index in [2.05, 4.69) is 15.4 Å². The molecule has 0 spiro atoms. The fourth-order valence-corrected chi connectivity index (χ4v) is 2.02. The van der Waals surface area contributed by atoms with Crippen LogP contribution in [0.1, 0.15) is 23.2 Å². The maximum atomic E-state index is 12.1. The molecule has 1 saturated carbocycles. The van der Waals surface area contributed by atoms with Crippen LogP contribution in [-0.2, 0) is 4.79 Å². The fourth-order valence-electron chi connectivity index (χ4n) is 2.02. The third-order valence-electron chi connectivity index (χ3n) is 3.17. The highest BCUT2D eigenvalue weighted by molar-refractivity contribution is 6.01. The second-order valence-corrected chi connectivity index (χ2v) is 4.57. The number of fused-ring (bicyclic) bond motifs is 1. The van der Waals surface area contributed by atoms with E-state index in [0.29, 0.717) is 5.65 Å². The molecule has 3 rings (SSSR count). The summed E-state index contributed by atoms with van der Waals surface area (Å²) in [6, 6.07) is 0.873. The Kier molecular flexibility index (Phi) is 2.66. The molecule has 0 saturated heterocycles. The summed E-state index contributed by atoms with van der Waals surface area (Å²) in [7, 11) is 0.